The number of carbonyl (C=O) groups excluding carboxylic acids is 1. The zero-order valence-corrected chi connectivity index (χ0v) is 13.2. The van der Waals surface area contributed by atoms with Crippen LogP contribution >= 0.6 is 11.8 Å². The highest BCUT2D eigenvalue weighted by molar-refractivity contribution is 7.98. The van der Waals surface area contributed by atoms with Crippen molar-refractivity contribution >= 4 is 29.3 Å². The van der Waals surface area contributed by atoms with Crippen molar-refractivity contribution in [1.29, 1.82) is 0 Å². The van der Waals surface area contributed by atoms with Gasteiger partial charge >= 0.3 is 5.97 Å². The molecule has 8 nitrogen and oxygen atoms in total. The molecule has 1 aromatic carbocycles. The Morgan fingerprint density at radius 3 is 2.50 bits per heavy atom. The number of carboxylic acid groups (broad SMARTS) is 1. The van der Waals surface area contributed by atoms with E-state index in [0.717, 1.165) is 4.90 Å². The van der Waals surface area contributed by atoms with Crippen molar-refractivity contribution in [3.05, 3.63) is 27.8 Å². The number of rotatable bonds is 7. The van der Waals surface area contributed by atoms with Crippen molar-refractivity contribution in [2.75, 3.05) is 26.5 Å². The van der Waals surface area contributed by atoms with Gasteiger partial charge < -0.3 is 14.7 Å². The van der Waals surface area contributed by atoms with Gasteiger partial charge in [-0.3, -0.25) is 19.7 Å². The summed E-state index contributed by atoms with van der Waals surface area (Å²) in [5, 5.41) is 20.0. The number of likely N-dealkylation sites (N-methyl/N-ethyl adjacent to an activating group) is 1. The molecular formula is C13H16N2O6S. The molecule has 0 atom stereocenters. The number of aliphatic carboxylic acids is 1. The molecule has 120 valence electrons. The Balaban J connectivity index is 3.39. The van der Waals surface area contributed by atoms with Gasteiger partial charge in [-0.1, -0.05) is 0 Å². The highest BCUT2D eigenvalue weighted by Crippen LogP contribution is 2.34. The van der Waals surface area contributed by atoms with Gasteiger partial charge in [0.05, 0.1) is 23.0 Å². The molecule has 0 unspecified atom stereocenters. The van der Waals surface area contributed by atoms with Gasteiger partial charge in [-0.25, -0.2) is 0 Å². The third-order valence-corrected chi connectivity index (χ3v) is 3.68. The van der Waals surface area contributed by atoms with Gasteiger partial charge in [0.1, 0.15) is 17.9 Å². The summed E-state index contributed by atoms with van der Waals surface area (Å²) < 4.78 is 5.07. The Bertz CT molecular complexity index is 604. The fourth-order valence-corrected chi connectivity index (χ4v) is 2.43. The Morgan fingerprint density at radius 1 is 1.45 bits per heavy atom. The molecule has 9 heteroatoms. The number of nitrogens with zero attached hydrogens (tertiary/aromatic N) is 2. The number of amides is 1. The summed E-state index contributed by atoms with van der Waals surface area (Å²) in [5.41, 5.74) is -0.568. The average molecular weight is 328 g/mol. The van der Waals surface area contributed by atoms with Crippen LogP contribution in [0.4, 0.5) is 5.69 Å². The first-order valence-electron chi connectivity index (χ1n) is 6.27. The molecule has 0 heterocycles. The number of carboxylic acids is 1. The summed E-state index contributed by atoms with van der Waals surface area (Å²) in [5.74, 6) is -1.59. The van der Waals surface area contributed by atoms with Crippen LogP contribution < -0.4 is 4.74 Å². The van der Waals surface area contributed by atoms with Crippen LogP contribution in [0.3, 0.4) is 0 Å². The van der Waals surface area contributed by atoms with Crippen molar-refractivity contribution in [3.8, 4) is 5.75 Å². The highest BCUT2D eigenvalue weighted by Gasteiger charge is 2.27. The van der Waals surface area contributed by atoms with E-state index in [4.69, 9.17) is 9.84 Å². The smallest absolute Gasteiger partial charge is 0.323 e. The molecule has 0 saturated heterocycles. The van der Waals surface area contributed by atoms with E-state index in [-0.39, 0.29) is 17.9 Å². The zero-order valence-electron chi connectivity index (χ0n) is 12.4. The lowest BCUT2D eigenvalue weighted by atomic mass is 10.1. The molecule has 0 saturated carbocycles. The van der Waals surface area contributed by atoms with Crippen molar-refractivity contribution in [2.45, 2.75) is 11.8 Å². The van der Waals surface area contributed by atoms with Crippen LogP contribution in [-0.2, 0) is 4.79 Å². The Morgan fingerprint density at radius 2 is 2.09 bits per heavy atom. The summed E-state index contributed by atoms with van der Waals surface area (Å²) in [7, 11) is 1.38. The molecule has 22 heavy (non-hydrogen) atoms. The molecule has 0 aliphatic carbocycles. The molecule has 0 aliphatic rings. The number of ether oxygens (including phenoxy) is 1. The largest absolute Gasteiger partial charge is 0.495 e. The molecule has 1 amide bonds. The number of nitro groups is 1. The topological polar surface area (TPSA) is 110 Å². The number of methoxy groups -OCH3 is 1. The Kier molecular flexibility index (Phi) is 6.17. The summed E-state index contributed by atoms with van der Waals surface area (Å²) in [6, 6.07) is 2.53. The second kappa shape index (κ2) is 7.64. The number of hydrogen-bond acceptors (Lipinski definition) is 6. The number of benzene rings is 1. The van der Waals surface area contributed by atoms with Crippen molar-refractivity contribution in [1.82, 2.24) is 4.90 Å². The number of carbonyl (C=O) groups is 2. The van der Waals surface area contributed by atoms with Crippen LogP contribution in [0.25, 0.3) is 0 Å². The summed E-state index contributed by atoms with van der Waals surface area (Å²) >= 11 is 1.27. The number of nitro benzene ring substituents is 1. The average Bonchev–Trinajstić information content (AvgIpc) is 2.50. The molecule has 0 aromatic heterocycles. The number of thioether (sulfide) groups is 1. The molecule has 0 bridgehead atoms. The molecule has 1 rings (SSSR count). The lowest BCUT2D eigenvalue weighted by Gasteiger charge is -2.19. The first kappa shape index (κ1) is 17.8. The van der Waals surface area contributed by atoms with Gasteiger partial charge in [-0.2, -0.15) is 0 Å². The molecule has 1 aromatic rings. The maximum atomic E-state index is 12.4. The van der Waals surface area contributed by atoms with E-state index in [2.05, 4.69) is 0 Å². The molecular weight excluding hydrogens is 312 g/mol. The van der Waals surface area contributed by atoms with E-state index >= 15 is 0 Å². The lowest BCUT2D eigenvalue weighted by molar-refractivity contribution is -0.385. The van der Waals surface area contributed by atoms with Gasteiger partial charge in [-0.15, -0.1) is 11.8 Å². The fraction of sp³-hybridized carbons (Fsp3) is 0.385. The molecule has 0 aliphatic heterocycles. The minimum Gasteiger partial charge on any atom is -0.495 e. The van der Waals surface area contributed by atoms with Gasteiger partial charge in [0.2, 0.25) is 0 Å². The van der Waals surface area contributed by atoms with E-state index in [1.807, 2.05) is 0 Å². The van der Waals surface area contributed by atoms with Crippen molar-refractivity contribution in [2.24, 2.45) is 0 Å². The zero-order chi connectivity index (χ0) is 16.9. The highest BCUT2D eigenvalue weighted by atomic mass is 32.2. The van der Waals surface area contributed by atoms with Gasteiger partial charge in [0, 0.05) is 6.54 Å². The van der Waals surface area contributed by atoms with E-state index < -0.39 is 29.0 Å². The monoisotopic (exact) mass is 328 g/mol. The van der Waals surface area contributed by atoms with Crippen molar-refractivity contribution < 1.29 is 24.4 Å². The van der Waals surface area contributed by atoms with Crippen LogP contribution in [0.1, 0.15) is 17.3 Å². The second-order valence-corrected chi connectivity index (χ2v) is 5.04. The van der Waals surface area contributed by atoms with E-state index in [0.29, 0.717) is 4.90 Å². The maximum Gasteiger partial charge on any atom is 0.323 e. The van der Waals surface area contributed by atoms with Crippen LogP contribution in [0.15, 0.2) is 17.0 Å². The minimum absolute atomic E-state index is 0.128. The Hall–Kier alpha value is -2.29. The third kappa shape index (κ3) is 3.88. The lowest BCUT2D eigenvalue weighted by Crippen LogP contribution is -2.35. The SMILES string of the molecule is CCN(CC(=O)O)C(=O)c1cc(SC)c(OC)cc1[N+](=O)[O-]. The third-order valence-electron chi connectivity index (χ3n) is 2.92. The minimum atomic E-state index is -1.18. The standard InChI is InChI=1S/C13H16N2O6S/c1-4-14(7-12(16)17)13(18)8-5-11(22-3)10(21-2)6-9(8)15(19)20/h5-6H,4,7H2,1-3H3,(H,16,17). The molecule has 0 radical (unpaired) electrons. The molecule has 1 N–H and O–H groups in total. The number of hydrogen-bond donors (Lipinski definition) is 1. The van der Waals surface area contributed by atoms with Crippen LogP contribution in [0, 0.1) is 10.1 Å². The maximum absolute atomic E-state index is 12.4. The summed E-state index contributed by atoms with van der Waals surface area (Å²) in [6.45, 7) is 1.21. The first-order chi connectivity index (χ1) is 10.3. The van der Waals surface area contributed by atoms with E-state index in [9.17, 15) is 19.7 Å². The normalized spacial score (nSPS) is 10.1. The molecule has 0 spiro atoms. The summed E-state index contributed by atoms with van der Waals surface area (Å²) in [6.07, 6.45) is 1.74. The van der Waals surface area contributed by atoms with Gasteiger partial charge in [0.25, 0.3) is 11.6 Å². The first-order valence-corrected chi connectivity index (χ1v) is 7.49. The fourth-order valence-electron chi connectivity index (χ4n) is 1.85. The summed E-state index contributed by atoms with van der Waals surface area (Å²) in [4.78, 5) is 35.3. The van der Waals surface area contributed by atoms with Crippen LogP contribution in [0.2, 0.25) is 0 Å². The Labute approximate surface area is 131 Å². The van der Waals surface area contributed by atoms with E-state index in [1.54, 1.807) is 13.2 Å². The van der Waals surface area contributed by atoms with E-state index in [1.165, 1.54) is 31.0 Å². The molecule has 0 fully saturated rings. The quantitative estimate of drug-likeness (QED) is 0.462. The van der Waals surface area contributed by atoms with Crippen molar-refractivity contribution in [3.63, 3.8) is 0 Å². The second-order valence-electron chi connectivity index (χ2n) is 4.19. The predicted molar refractivity (Wildman–Crippen MR) is 80.6 cm³/mol. The van der Waals surface area contributed by atoms with Gasteiger partial charge in [-0.05, 0) is 19.2 Å². The van der Waals surface area contributed by atoms with Crippen LogP contribution in [-0.4, -0.2) is 53.3 Å². The van der Waals surface area contributed by atoms with Gasteiger partial charge in [0.15, 0.2) is 0 Å². The van der Waals surface area contributed by atoms with Crippen LogP contribution in [0.5, 0.6) is 5.75 Å². The predicted octanol–water partition coefficient (Wildman–Crippen LogP) is 1.87.